The molecule has 0 saturated carbocycles. The molecule has 0 aliphatic heterocycles. The highest BCUT2D eigenvalue weighted by Gasteiger charge is 2.36. The fraction of sp³-hybridized carbons (Fsp3) is 0.667. The van der Waals surface area contributed by atoms with Gasteiger partial charge < -0.3 is 13.3 Å². The molecule has 0 atom stereocenters. The van der Waals surface area contributed by atoms with E-state index < -0.39 is 8.80 Å². The van der Waals surface area contributed by atoms with Gasteiger partial charge in [0, 0.05) is 27.4 Å². The molecule has 0 amide bonds. The van der Waals surface area contributed by atoms with Crippen molar-refractivity contribution in [1.29, 1.82) is 0 Å². The maximum atomic E-state index is 11.6. The Morgan fingerprint density at radius 2 is 1.64 bits per heavy atom. The van der Waals surface area contributed by atoms with Crippen LogP contribution in [0.1, 0.15) is 0 Å². The Labute approximate surface area is 67.1 Å². The van der Waals surface area contributed by atoms with Crippen LogP contribution < -0.4 is 0 Å². The Balaban J connectivity index is 4.04. The lowest BCUT2D eigenvalue weighted by Crippen LogP contribution is -2.42. The standard InChI is InChI=1S/C6H13FO3Si/c1-8-11(9-2,10-3)6-4-5-7/h4-5H,6H2,1-3H3. The third-order valence-corrected chi connectivity index (χ3v) is 3.99. The topological polar surface area (TPSA) is 27.7 Å². The maximum Gasteiger partial charge on any atom is 0.504 e. The molecule has 5 heteroatoms. The molecule has 0 radical (unpaired) electrons. The Kier molecular flexibility index (Phi) is 5.31. The highest BCUT2D eigenvalue weighted by atomic mass is 28.4. The molecule has 0 aliphatic rings. The predicted molar refractivity (Wildman–Crippen MR) is 41.8 cm³/mol. The summed E-state index contributed by atoms with van der Waals surface area (Å²) in [5.74, 6) is 0. The molecule has 0 rings (SSSR count). The van der Waals surface area contributed by atoms with Crippen LogP contribution in [0.5, 0.6) is 0 Å². The summed E-state index contributed by atoms with van der Waals surface area (Å²) in [5, 5.41) is 0. The normalized spacial score (nSPS) is 12.7. The molecule has 0 saturated heterocycles. The molecular formula is C6H13FO3Si. The molecule has 0 fully saturated rings. The lowest BCUT2D eigenvalue weighted by atomic mass is 10.7. The molecule has 3 nitrogen and oxygen atoms in total. The van der Waals surface area contributed by atoms with Gasteiger partial charge in [0.25, 0.3) is 0 Å². The minimum atomic E-state index is -2.57. The van der Waals surface area contributed by atoms with Gasteiger partial charge in [0.05, 0.1) is 6.33 Å². The predicted octanol–water partition coefficient (Wildman–Crippen LogP) is 1.35. The van der Waals surface area contributed by atoms with E-state index in [1.807, 2.05) is 0 Å². The number of rotatable bonds is 5. The largest absolute Gasteiger partial charge is 0.504 e. The van der Waals surface area contributed by atoms with E-state index in [1.54, 1.807) is 0 Å². The van der Waals surface area contributed by atoms with Crippen molar-refractivity contribution in [2.24, 2.45) is 0 Å². The molecule has 66 valence electrons. The van der Waals surface area contributed by atoms with E-state index >= 15 is 0 Å². The summed E-state index contributed by atoms with van der Waals surface area (Å²) in [6.07, 6.45) is 1.78. The first-order valence-electron chi connectivity index (χ1n) is 3.15. The van der Waals surface area contributed by atoms with Gasteiger partial charge in [-0.1, -0.05) is 6.08 Å². The van der Waals surface area contributed by atoms with Gasteiger partial charge >= 0.3 is 8.80 Å². The third kappa shape index (κ3) is 3.11. The van der Waals surface area contributed by atoms with Crippen LogP contribution in [0.3, 0.4) is 0 Å². The Morgan fingerprint density at radius 1 is 1.18 bits per heavy atom. The van der Waals surface area contributed by atoms with Crippen LogP contribution >= 0.6 is 0 Å². The van der Waals surface area contributed by atoms with Gasteiger partial charge in [0.1, 0.15) is 0 Å². The summed E-state index contributed by atoms with van der Waals surface area (Å²) in [7, 11) is 1.91. The van der Waals surface area contributed by atoms with Crippen molar-refractivity contribution in [3.05, 3.63) is 12.4 Å². The van der Waals surface area contributed by atoms with Crippen molar-refractivity contribution in [2.45, 2.75) is 6.04 Å². The fourth-order valence-electron chi connectivity index (χ4n) is 0.689. The summed E-state index contributed by atoms with van der Waals surface area (Å²) in [5.41, 5.74) is 0. The van der Waals surface area contributed by atoms with Gasteiger partial charge in [-0.2, -0.15) is 0 Å². The van der Waals surface area contributed by atoms with Crippen molar-refractivity contribution < 1.29 is 17.7 Å². The quantitative estimate of drug-likeness (QED) is 0.598. The summed E-state index contributed by atoms with van der Waals surface area (Å²) >= 11 is 0. The van der Waals surface area contributed by atoms with Crippen LogP contribution in [0, 0.1) is 0 Å². The van der Waals surface area contributed by atoms with Crippen molar-refractivity contribution in [2.75, 3.05) is 21.3 Å². The molecule has 0 aliphatic carbocycles. The summed E-state index contributed by atoms with van der Waals surface area (Å²) in [6, 6.07) is 0.354. The molecule has 0 N–H and O–H groups in total. The molecule has 11 heavy (non-hydrogen) atoms. The Bertz CT molecular complexity index is 117. The number of allylic oxidation sites excluding steroid dienone is 1. The van der Waals surface area contributed by atoms with Crippen molar-refractivity contribution >= 4 is 8.80 Å². The van der Waals surface area contributed by atoms with Crippen molar-refractivity contribution in [1.82, 2.24) is 0 Å². The van der Waals surface area contributed by atoms with Gasteiger partial charge in [-0.15, -0.1) is 0 Å². The van der Waals surface area contributed by atoms with Gasteiger partial charge in [0.2, 0.25) is 0 Å². The van der Waals surface area contributed by atoms with Crippen LogP contribution in [-0.2, 0) is 13.3 Å². The Hall–Kier alpha value is -0.233. The summed E-state index contributed by atoms with van der Waals surface area (Å²) in [4.78, 5) is 0. The second-order valence-corrected chi connectivity index (χ2v) is 4.86. The van der Waals surface area contributed by atoms with Crippen LogP contribution in [0.4, 0.5) is 4.39 Å². The molecule has 0 unspecified atom stereocenters. The monoisotopic (exact) mass is 180 g/mol. The van der Waals surface area contributed by atoms with E-state index in [0.717, 1.165) is 0 Å². The molecule has 0 heterocycles. The zero-order valence-corrected chi connectivity index (χ0v) is 7.96. The van der Waals surface area contributed by atoms with Gasteiger partial charge in [-0.25, -0.2) is 4.39 Å². The van der Waals surface area contributed by atoms with E-state index in [1.165, 1.54) is 27.4 Å². The van der Waals surface area contributed by atoms with E-state index in [4.69, 9.17) is 13.3 Å². The first kappa shape index (κ1) is 10.8. The van der Waals surface area contributed by atoms with Crippen LogP contribution in [-0.4, -0.2) is 30.1 Å². The Morgan fingerprint density at radius 3 is 1.91 bits per heavy atom. The molecule has 0 spiro atoms. The third-order valence-electron chi connectivity index (χ3n) is 1.39. The zero-order chi connectivity index (χ0) is 8.74. The minimum absolute atomic E-state index is 0.354. The number of hydrogen-bond donors (Lipinski definition) is 0. The first-order valence-corrected chi connectivity index (χ1v) is 5.08. The fourth-order valence-corrected chi connectivity index (χ4v) is 2.07. The summed E-state index contributed by atoms with van der Waals surface area (Å²) in [6.45, 7) is 0. The maximum absolute atomic E-state index is 11.6. The lowest BCUT2D eigenvalue weighted by molar-refractivity contribution is 0.127. The molecule has 0 bridgehead atoms. The van der Waals surface area contributed by atoms with Crippen LogP contribution in [0.25, 0.3) is 0 Å². The average molecular weight is 180 g/mol. The van der Waals surface area contributed by atoms with Gasteiger partial charge in [-0.05, 0) is 0 Å². The molecular weight excluding hydrogens is 167 g/mol. The zero-order valence-electron chi connectivity index (χ0n) is 6.96. The van der Waals surface area contributed by atoms with Crippen LogP contribution in [0.2, 0.25) is 6.04 Å². The molecule has 0 aromatic heterocycles. The van der Waals surface area contributed by atoms with Crippen molar-refractivity contribution in [3.8, 4) is 0 Å². The van der Waals surface area contributed by atoms with E-state index in [9.17, 15) is 4.39 Å². The van der Waals surface area contributed by atoms with E-state index in [0.29, 0.717) is 12.4 Å². The lowest BCUT2D eigenvalue weighted by Gasteiger charge is -2.22. The molecule has 0 aromatic rings. The minimum Gasteiger partial charge on any atom is -0.377 e. The van der Waals surface area contributed by atoms with Crippen LogP contribution in [0.15, 0.2) is 12.4 Å². The highest BCUT2D eigenvalue weighted by Crippen LogP contribution is 2.12. The smallest absolute Gasteiger partial charge is 0.377 e. The summed E-state index contributed by atoms with van der Waals surface area (Å²) < 4.78 is 26.7. The number of hydrogen-bond acceptors (Lipinski definition) is 3. The van der Waals surface area contributed by atoms with E-state index in [2.05, 4.69) is 0 Å². The SMILES string of the molecule is CO[Si](CC=CF)(OC)OC. The second-order valence-electron chi connectivity index (χ2n) is 1.86. The van der Waals surface area contributed by atoms with Gasteiger partial charge in [-0.3, -0.25) is 0 Å². The highest BCUT2D eigenvalue weighted by molar-refractivity contribution is 6.61. The van der Waals surface area contributed by atoms with E-state index in [-0.39, 0.29) is 0 Å². The average Bonchev–Trinajstić information content (AvgIpc) is 2.08. The first-order chi connectivity index (χ1) is 5.24. The molecule has 0 aromatic carbocycles. The van der Waals surface area contributed by atoms with Gasteiger partial charge in [0.15, 0.2) is 0 Å². The van der Waals surface area contributed by atoms with Crippen molar-refractivity contribution in [3.63, 3.8) is 0 Å². The second kappa shape index (κ2) is 5.42. The number of halogens is 1.